The van der Waals surface area contributed by atoms with Crippen LogP contribution in [0.4, 0.5) is 0 Å². The van der Waals surface area contributed by atoms with Crippen LogP contribution in [0, 0.1) is 11.3 Å². The first-order valence-electron chi connectivity index (χ1n) is 3.67. The number of benzene rings is 1. The van der Waals surface area contributed by atoms with Crippen molar-refractivity contribution in [3.05, 3.63) is 29.6 Å². The molecular formula is C9H5N3O. The molecular weight excluding hydrogens is 166 g/mol. The monoisotopic (exact) mass is 171 g/mol. The number of carbonyl (C=O) groups is 1. The molecule has 0 radical (unpaired) electrons. The van der Waals surface area contributed by atoms with Gasteiger partial charge in [-0.1, -0.05) is 0 Å². The third kappa shape index (κ3) is 1.07. The van der Waals surface area contributed by atoms with E-state index in [2.05, 4.69) is 9.97 Å². The van der Waals surface area contributed by atoms with E-state index in [0.29, 0.717) is 22.9 Å². The number of imidazole rings is 1. The van der Waals surface area contributed by atoms with Gasteiger partial charge in [0.1, 0.15) is 0 Å². The number of aldehydes is 1. The van der Waals surface area contributed by atoms with Crippen molar-refractivity contribution in [1.82, 2.24) is 9.97 Å². The molecule has 0 fully saturated rings. The SMILES string of the molecule is N#Cc1cc2nc[nH]c2cc1C=O. The molecule has 62 valence electrons. The summed E-state index contributed by atoms with van der Waals surface area (Å²) in [7, 11) is 0. The van der Waals surface area contributed by atoms with Gasteiger partial charge in [0, 0.05) is 5.56 Å². The second kappa shape index (κ2) is 2.72. The molecule has 2 rings (SSSR count). The summed E-state index contributed by atoms with van der Waals surface area (Å²) in [6.45, 7) is 0. The van der Waals surface area contributed by atoms with Gasteiger partial charge in [-0.05, 0) is 12.1 Å². The van der Waals surface area contributed by atoms with Crippen molar-refractivity contribution in [1.29, 1.82) is 5.26 Å². The summed E-state index contributed by atoms with van der Waals surface area (Å²) in [6, 6.07) is 5.16. The van der Waals surface area contributed by atoms with E-state index in [1.54, 1.807) is 12.1 Å². The highest BCUT2D eigenvalue weighted by atomic mass is 16.1. The van der Waals surface area contributed by atoms with Crippen LogP contribution in [0.3, 0.4) is 0 Å². The average Bonchev–Trinajstić information content (AvgIpc) is 2.62. The highest BCUT2D eigenvalue weighted by molar-refractivity contribution is 5.88. The molecule has 1 N–H and O–H groups in total. The van der Waals surface area contributed by atoms with Crippen molar-refractivity contribution in [2.75, 3.05) is 0 Å². The lowest BCUT2D eigenvalue weighted by Crippen LogP contribution is -1.87. The highest BCUT2D eigenvalue weighted by Crippen LogP contribution is 2.14. The Labute approximate surface area is 73.8 Å². The first-order chi connectivity index (χ1) is 6.35. The Bertz CT molecular complexity index is 507. The third-order valence-corrected chi connectivity index (χ3v) is 1.84. The molecule has 4 nitrogen and oxygen atoms in total. The molecule has 0 saturated carbocycles. The zero-order valence-electron chi connectivity index (χ0n) is 6.61. The molecule has 0 atom stereocenters. The summed E-state index contributed by atoms with van der Waals surface area (Å²) in [5, 5.41) is 8.70. The fourth-order valence-corrected chi connectivity index (χ4v) is 1.19. The Hall–Kier alpha value is -2.15. The minimum atomic E-state index is 0.356. The van der Waals surface area contributed by atoms with Crippen molar-refractivity contribution in [3.63, 3.8) is 0 Å². The van der Waals surface area contributed by atoms with Gasteiger partial charge in [0.2, 0.25) is 0 Å². The van der Waals surface area contributed by atoms with Gasteiger partial charge in [-0.3, -0.25) is 4.79 Å². The Morgan fingerprint density at radius 2 is 2.38 bits per heavy atom. The second-order valence-electron chi connectivity index (χ2n) is 2.59. The van der Waals surface area contributed by atoms with Crippen molar-refractivity contribution in [2.45, 2.75) is 0 Å². The number of nitrogens with zero attached hydrogens (tertiary/aromatic N) is 2. The quantitative estimate of drug-likeness (QED) is 0.656. The van der Waals surface area contributed by atoms with Crippen LogP contribution in [0.1, 0.15) is 15.9 Å². The normalized spacial score (nSPS) is 9.77. The lowest BCUT2D eigenvalue weighted by molar-refractivity contribution is 0.112. The van der Waals surface area contributed by atoms with Gasteiger partial charge < -0.3 is 4.98 Å². The smallest absolute Gasteiger partial charge is 0.151 e. The van der Waals surface area contributed by atoms with Crippen LogP contribution in [0.5, 0.6) is 0 Å². The summed E-state index contributed by atoms with van der Waals surface area (Å²) < 4.78 is 0. The van der Waals surface area contributed by atoms with Crippen LogP contribution >= 0.6 is 0 Å². The predicted octanol–water partition coefficient (Wildman–Crippen LogP) is 1.25. The number of hydrogen-bond donors (Lipinski definition) is 1. The minimum absolute atomic E-state index is 0.356. The van der Waals surface area contributed by atoms with E-state index in [-0.39, 0.29) is 0 Å². The number of nitrogens with one attached hydrogen (secondary N) is 1. The molecule has 1 aromatic heterocycles. The molecule has 0 unspecified atom stereocenters. The van der Waals surface area contributed by atoms with Gasteiger partial charge in [0.15, 0.2) is 6.29 Å². The lowest BCUT2D eigenvalue weighted by atomic mass is 10.1. The zero-order chi connectivity index (χ0) is 9.26. The van der Waals surface area contributed by atoms with Gasteiger partial charge in [0.25, 0.3) is 0 Å². The largest absolute Gasteiger partial charge is 0.345 e. The number of fused-ring (bicyclic) bond motifs is 1. The molecule has 0 amide bonds. The Morgan fingerprint density at radius 1 is 1.54 bits per heavy atom. The minimum Gasteiger partial charge on any atom is -0.345 e. The molecule has 13 heavy (non-hydrogen) atoms. The van der Waals surface area contributed by atoms with Crippen LogP contribution in [-0.4, -0.2) is 16.3 Å². The van der Waals surface area contributed by atoms with Crippen LogP contribution in [0.15, 0.2) is 18.5 Å². The molecule has 0 spiro atoms. The Balaban J connectivity index is 2.83. The van der Waals surface area contributed by atoms with E-state index in [1.807, 2.05) is 6.07 Å². The number of aromatic amines is 1. The third-order valence-electron chi connectivity index (χ3n) is 1.84. The molecule has 1 heterocycles. The van der Waals surface area contributed by atoms with E-state index in [9.17, 15) is 4.79 Å². The van der Waals surface area contributed by atoms with Crippen LogP contribution in [0.25, 0.3) is 11.0 Å². The van der Waals surface area contributed by atoms with Gasteiger partial charge in [0.05, 0.1) is 29.0 Å². The van der Waals surface area contributed by atoms with Gasteiger partial charge in [-0.2, -0.15) is 5.26 Å². The number of H-pyrrole nitrogens is 1. The standard InChI is InChI=1S/C9H5N3O/c10-3-6-1-8-9(12-5-11-8)2-7(6)4-13/h1-2,4-5H,(H,11,12). The molecule has 0 aliphatic heterocycles. The van der Waals surface area contributed by atoms with Crippen molar-refractivity contribution in [3.8, 4) is 6.07 Å². The number of rotatable bonds is 1. The number of nitriles is 1. The van der Waals surface area contributed by atoms with E-state index >= 15 is 0 Å². The summed E-state index contributed by atoms with van der Waals surface area (Å²) in [4.78, 5) is 17.4. The fourth-order valence-electron chi connectivity index (χ4n) is 1.19. The van der Waals surface area contributed by atoms with Gasteiger partial charge >= 0.3 is 0 Å². The highest BCUT2D eigenvalue weighted by Gasteiger charge is 2.04. The molecule has 0 aliphatic carbocycles. The van der Waals surface area contributed by atoms with E-state index in [1.165, 1.54) is 6.33 Å². The molecule has 0 aliphatic rings. The molecule has 0 bridgehead atoms. The van der Waals surface area contributed by atoms with Crippen LogP contribution in [0.2, 0.25) is 0 Å². The van der Waals surface area contributed by atoms with Gasteiger partial charge in [-0.15, -0.1) is 0 Å². The van der Waals surface area contributed by atoms with E-state index < -0.39 is 0 Å². The maximum atomic E-state index is 10.6. The first kappa shape index (κ1) is 7.50. The summed E-state index contributed by atoms with van der Waals surface area (Å²) >= 11 is 0. The second-order valence-corrected chi connectivity index (χ2v) is 2.59. The number of carbonyl (C=O) groups excluding carboxylic acids is 1. The van der Waals surface area contributed by atoms with Crippen LogP contribution in [-0.2, 0) is 0 Å². The molecule has 4 heteroatoms. The van der Waals surface area contributed by atoms with Crippen molar-refractivity contribution < 1.29 is 4.79 Å². The van der Waals surface area contributed by atoms with Gasteiger partial charge in [-0.25, -0.2) is 4.98 Å². The number of hydrogen-bond acceptors (Lipinski definition) is 3. The lowest BCUT2D eigenvalue weighted by Gasteiger charge is -1.94. The van der Waals surface area contributed by atoms with Crippen LogP contribution < -0.4 is 0 Å². The van der Waals surface area contributed by atoms with E-state index in [4.69, 9.17) is 5.26 Å². The summed E-state index contributed by atoms with van der Waals surface area (Å²) in [6.07, 6.45) is 2.19. The van der Waals surface area contributed by atoms with Crippen molar-refractivity contribution in [2.24, 2.45) is 0 Å². The summed E-state index contributed by atoms with van der Waals surface area (Å²) in [5.74, 6) is 0. The maximum Gasteiger partial charge on any atom is 0.151 e. The van der Waals surface area contributed by atoms with Crippen molar-refractivity contribution >= 4 is 17.3 Å². The van der Waals surface area contributed by atoms with E-state index in [0.717, 1.165) is 5.52 Å². The first-order valence-corrected chi connectivity index (χ1v) is 3.67. The predicted molar refractivity (Wildman–Crippen MR) is 46.2 cm³/mol. The fraction of sp³-hybridized carbons (Fsp3) is 0. The molecule has 2 aromatic rings. The molecule has 0 saturated heterocycles. The zero-order valence-corrected chi connectivity index (χ0v) is 6.61. The number of aromatic nitrogens is 2. The topological polar surface area (TPSA) is 69.5 Å². The molecule has 1 aromatic carbocycles. The Morgan fingerprint density at radius 3 is 3.08 bits per heavy atom. The summed E-state index contributed by atoms with van der Waals surface area (Å²) in [5.41, 5.74) is 2.21. The maximum absolute atomic E-state index is 10.6. The average molecular weight is 171 g/mol. The Kier molecular flexibility index (Phi) is 1.57.